The summed E-state index contributed by atoms with van der Waals surface area (Å²) in [6.07, 6.45) is 8.44. The van der Waals surface area contributed by atoms with Gasteiger partial charge in [0.15, 0.2) is 0 Å². The molecule has 1 aromatic heterocycles. The zero-order valence-corrected chi connectivity index (χ0v) is 18.8. The van der Waals surface area contributed by atoms with Gasteiger partial charge in [-0.1, -0.05) is 43.0 Å². The fourth-order valence-corrected chi connectivity index (χ4v) is 6.41. The second-order valence-corrected chi connectivity index (χ2v) is 9.92. The molecule has 2 fully saturated rings. The molecule has 3 heterocycles. The highest BCUT2D eigenvalue weighted by Gasteiger charge is 2.46. The van der Waals surface area contributed by atoms with Crippen LogP contribution >= 0.6 is 11.6 Å². The van der Waals surface area contributed by atoms with Gasteiger partial charge in [0.05, 0.1) is 27.0 Å². The van der Waals surface area contributed by atoms with Gasteiger partial charge in [-0.25, -0.2) is 0 Å². The predicted molar refractivity (Wildman–Crippen MR) is 127 cm³/mol. The Labute approximate surface area is 192 Å². The SMILES string of the molecule is O=CC1CCN(c2ccc3c(c2)-n2c(nc(=O)c4c(Cl)cccc42)C32CCCCC2)CC1. The zero-order valence-electron chi connectivity index (χ0n) is 18.0. The summed E-state index contributed by atoms with van der Waals surface area (Å²) in [5, 5.41) is 0.947. The van der Waals surface area contributed by atoms with Gasteiger partial charge in [-0.15, -0.1) is 0 Å². The molecule has 2 aliphatic heterocycles. The predicted octanol–water partition coefficient (Wildman–Crippen LogP) is 5.02. The highest BCUT2D eigenvalue weighted by atomic mass is 35.5. The average Bonchev–Trinajstić information content (AvgIpc) is 3.08. The maximum absolute atomic E-state index is 13.1. The molecule has 6 heteroatoms. The van der Waals surface area contributed by atoms with E-state index in [1.807, 2.05) is 12.1 Å². The van der Waals surface area contributed by atoms with E-state index >= 15 is 0 Å². The van der Waals surface area contributed by atoms with Crippen molar-refractivity contribution in [3.8, 4) is 5.69 Å². The van der Waals surface area contributed by atoms with Crippen LogP contribution in [0.2, 0.25) is 5.02 Å². The first-order valence-electron chi connectivity index (χ1n) is 11.7. The molecule has 164 valence electrons. The Morgan fingerprint density at radius 3 is 2.59 bits per heavy atom. The van der Waals surface area contributed by atoms with Gasteiger partial charge < -0.3 is 9.69 Å². The lowest BCUT2D eigenvalue weighted by Crippen LogP contribution is -2.34. The molecule has 6 rings (SSSR count). The highest BCUT2D eigenvalue weighted by Crippen LogP contribution is 2.52. The van der Waals surface area contributed by atoms with Gasteiger partial charge in [-0.2, -0.15) is 4.98 Å². The Hall–Kier alpha value is -2.66. The summed E-state index contributed by atoms with van der Waals surface area (Å²) in [4.78, 5) is 31.3. The quantitative estimate of drug-likeness (QED) is 0.518. The Morgan fingerprint density at radius 1 is 1.06 bits per heavy atom. The van der Waals surface area contributed by atoms with Crippen molar-refractivity contribution in [2.24, 2.45) is 5.92 Å². The van der Waals surface area contributed by atoms with Crippen molar-refractivity contribution < 1.29 is 4.79 Å². The molecule has 1 spiro atoms. The van der Waals surface area contributed by atoms with Crippen LogP contribution in [0, 0.1) is 5.92 Å². The van der Waals surface area contributed by atoms with E-state index in [1.54, 1.807) is 6.07 Å². The minimum absolute atomic E-state index is 0.173. The summed E-state index contributed by atoms with van der Waals surface area (Å²) in [5.41, 5.74) is 3.98. The third kappa shape index (κ3) is 2.80. The minimum atomic E-state index is -0.231. The monoisotopic (exact) mass is 447 g/mol. The van der Waals surface area contributed by atoms with E-state index < -0.39 is 0 Å². The summed E-state index contributed by atoms with van der Waals surface area (Å²) < 4.78 is 2.20. The molecule has 0 unspecified atom stereocenters. The number of aromatic nitrogens is 2. The summed E-state index contributed by atoms with van der Waals surface area (Å²) in [6, 6.07) is 12.4. The number of benzene rings is 2. The van der Waals surface area contributed by atoms with Gasteiger partial charge >= 0.3 is 0 Å². The Balaban J connectivity index is 1.57. The van der Waals surface area contributed by atoms with E-state index in [1.165, 1.54) is 17.7 Å². The fraction of sp³-hybridized carbons (Fsp3) is 0.423. The fourth-order valence-electron chi connectivity index (χ4n) is 6.16. The Morgan fingerprint density at radius 2 is 1.84 bits per heavy atom. The summed E-state index contributed by atoms with van der Waals surface area (Å²) in [5.74, 6) is 1.05. The maximum Gasteiger partial charge on any atom is 0.282 e. The van der Waals surface area contributed by atoms with Crippen molar-refractivity contribution in [2.45, 2.75) is 50.4 Å². The Kier molecular flexibility index (Phi) is 4.65. The van der Waals surface area contributed by atoms with Crippen LogP contribution in [0.1, 0.15) is 56.3 Å². The molecule has 0 bridgehead atoms. The largest absolute Gasteiger partial charge is 0.371 e. The number of nitrogens with zero attached hydrogens (tertiary/aromatic N) is 3. The van der Waals surface area contributed by atoms with Crippen LogP contribution in [0.25, 0.3) is 16.6 Å². The molecule has 0 radical (unpaired) electrons. The first-order chi connectivity index (χ1) is 15.6. The van der Waals surface area contributed by atoms with Gasteiger partial charge in [0.1, 0.15) is 12.1 Å². The van der Waals surface area contributed by atoms with Gasteiger partial charge in [-0.3, -0.25) is 9.36 Å². The van der Waals surface area contributed by atoms with Gasteiger partial charge in [-0.05, 0) is 55.5 Å². The van der Waals surface area contributed by atoms with Crippen LogP contribution in [0.4, 0.5) is 5.69 Å². The van der Waals surface area contributed by atoms with E-state index in [-0.39, 0.29) is 16.9 Å². The van der Waals surface area contributed by atoms with E-state index in [0.29, 0.717) is 10.4 Å². The lowest BCUT2D eigenvalue weighted by atomic mass is 9.70. The number of hydrogen-bond acceptors (Lipinski definition) is 4. The van der Waals surface area contributed by atoms with Crippen molar-refractivity contribution >= 4 is 34.5 Å². The average molecular weight is 448 g/mol. The molecule has 1 saturated carbocycles. The number of carbonyl (C=O) groups is 1. The van der Waals surface area contributed by atoms with Crippen LogP contribution in [0.3, 0.4) is 0 Å². The topological polar surface area (TPSA) is 55.2 Å². The van der Waals surface area contributed by atoms with Crippen LogP contribution in [0.15, 0.2) is 41.2 Å². The number of fused-ring (bicyclic) bond motifs is 7. The van der Waals surface area contributed by atoms with E-state index in [9.17, 15) is 9.59 Å². The van der Waals surface area contributed by atoms with Gasteiger partial charge in [0.25, 0.3) is 5.56 Å². The van der Waals surface area contributed by atoms with Crippen LogP contribution in [-0.4, -0.2) is 28.9 Å². The first kappa shape index (κ1) is 20.0. The number of rotatable bonds is 2. The second kappa shape index (κ2) is 7.45. The summed E-state index contributed by atoms with van der Waals surface area (Å²) in [6.45, 7) is 1.77. The van der Waals surface area contributed by atoms with Crippen molar-refractivity contribution in [1.29, 1.82) is 0 Å². The standard InChI is InChI=1S/C26H26ClN3O2/c27-20-5-4-6-21-23(20)24(32)28-25-26(11-2-1-3-12-26)19-8-7-18(15-22(19)30(21)25)29-13-9-17(16-31)10-14-29/h4-8,15-17H,1-3,9-14H2. The molecular weight excluding hydrogens is 422 g/mol. The van der Waals surface area contributed by atoms with Crippen LogP contribution in [-0.2, 0) is 10.2 Å². The van der Waals surface area contributed by atoms with E-state index in [2.05, 4.69) is 32.7 Å². The van der Waals surface area contributed by atoms with E-state index in [0.717, 1.165) is 74.9 Å². The molecule has 2 aromatic carbocycles. The number of carbonyl (C=O) groups excluding carboxylic acids is 1. The molecule has 0 atom stereocenters. The lowest BCUT2D eigenvalue weighted by molar-refractivity contribution is -0.111. The number of piperidine rings is 1. The highest BCUT2D eigenvalue weighted by molar-refractivity contribution is 6.35. The molecule has 3 aromatic rings. The molecule has 0 amide bonds. The zero-order chi connectivity index (χ0) is 21.9. The van der Waals surface area contributed by atoms with Crippen molar-refractivity contribution in [2.75, 3.05) is 18.0 Å². The smallest absolute Gasteiger partial charge is 0.282 e. The molecule has 3 aliphatic rings. The molecule has 0 N–H and O–H groups in total. The first-order valence-corrected chi connectivity index (χ1v) is 12.1. The van der Waals surface area contributed by atoms with Crippen LogP contribution in [0.5, 0.6) is 0 Å². The van der Waals surface area contributed by atoms with Gasteiger partial charge in [0.2, 0.25) is 0 Å². The van der Waals surface area contributed by atoms with Gasteiger partial charge in [0, 0.05) is 24.7 Å². The molecule has 32 heavy (non-hydrogen) atoms. The number of halogens is 1. The summed E-state index contributed by atoms with van der Waals surface area (Å²) >= 11 is 6.46. The molecule has 1 aliphatic carbocycles. The lowest BCUT2D eigenvalue weighted by Gasteiger charge is -2.34. The third-order valence-electron chi connectivity index (χ3n) is 7.84. The molecule has 1 saturated heterocycles. The maximum atomic E-state index is 13.1. The third-order valence-corrected chi connectivity index (χ3v) is 8.15. The summed E-state index contributed by atoms with van der Waals surface area (Å²) in [7, 11) is 0. The van der Waals surface area contributed by atoms with E-state index in [4.69, 9.17) is 11.6 Å². The van der Waals surface area contributed by atoms with Crippen molar-refractivity contribution in [3.05, 3.63) is 63.2 Å². The second-order valence-electron chi connectivity index (χ2n) is 9.51. The Bertz CT molecular complexity index is 1280. The normalized spacial score (nSPS) is 19.8. The van der Waals surface area contributed by atoms with Crippen LogP contribution < -0.4 is 10.5 Å². The number of anilines is 1. The minimum Gasteiger partial charge on any atom is -0.371 e. The van der Waals surface area contributed by atoms with Crippen molar-refractivity contribution in [3.63, 3.8) is 0 Å². The number of aldehydes is 1. The van der Waals surface area contributed by atoms with Crippen molar-refractivity contribution in [1.82, 2.24) is 9.55 Å². The molecular formula is C26H26ClN3O2. The number of hydrogen-bond donors (Lipinski definition) is 0. The molecule has 5 nitrogen and oxygen atoms in total.